The molecule has 0 spiro atoms. The summed E-state index contributed by atoms with van der Waals surface area (Å²) >= 11 is 0. The maximum absolute atomic E-state index is 5.47. The third kappa shape index (κ3) is 4.23. The molecule has 2 rings (SSSR count). The molecule has 2 heterocycles. The molecule has 0 aromatic rings. The van der Waals surface area contributed by atoms with Gasteiger partial charge in [0.1, 0.15) is 0 Å². The maximum atomic E-state index is 5.47. The molecule has 1 unspecified atom stereocenters. The Morgan fingerprint density at radius 3 is 2.76 bits per heavy atom. The fourth-order valence-corrected chi connectivity index (χ4v) is 3.14. The second kappa shape index (κ2) is 6.72. The van der Waals surface area contributed by atoms with Crippen LogP contribution in [0.4, 0.5) is 0 Å². The molecule has 0 saturated carbocycles. The molecule has 0 aliphatic carbocycles. The third-order valence-corrected chi connectivity index (χ3v) is 3.97. The van der Waals surface area contributed by atoms with Gasteiger partial charge < -0.3 is 10.1 Å². The van der Waals surface area contributed by atoms with E-state index in [4.69, 9.17) is 4.74 Å². The summed E-state index contributed by atoms with van der Waals surface area (Å²) < 4.78 is 5.47. The Hall–Kier alpha value is -0.120. The molecular formula is C14H28N2O. The summed E-state index contributed by atoms with van der Waals surface area (Å²) in [4.78, 5) is 2.72. The van der Waals surface area contributed by atoms with E-state index in [1.807, 2.05) is 0 Å². The average Bonchev–Trinajstić information content (AvgIpc) is 2.55. The van der Waals surface area contributed by atoms with Gasteiger partial charge in [0.05, 0.1) is 0 Å². The summed E-state index contributed by atoms with van der Waals surface area (Å²) in [5.41, 5.74) is 0. The van der Waals surface area contributed by atoms with Gasteiger partial charge in [-0.3, -0.25) is 4.90 Å². The molecule has 0 amide bonds. The van der Waals surface area contributed by atoms with Crippen molar-refractivity contribution in [3.63, 3.8) is 0 Å². The largest absolute Gasteiger partial charge is 0.381 e. The molecule has 3 heteroatoms. The Balaban J connectivity index is 1.86. The Kier molecular flexibility index (Phi) is 5.26. The summed E-state index contributed by atoms with van der Waals surface area (Å²) in [5, 5.41) is 3.71. The van der Waals surface area contributed by atoms with Gasteiger partial charge in [0.25, 0.3) is 0 Å². The molecule has 2 aliphatic rings. The number of rotatable bonds is 3. The minimum Gasteiger partial charge on any atom is -0.381 e. The number of hydrogen-bond acceptors (Lipinski definition) is 3. The van der Waals surface area contributed by atoms with Crippen molar-refractivity contribution >= 4 is 0 Å². The van der Waals surface area contributed by atoms with Gasteiger partial charge in [0.2, 0.25) is 0 Å². The minimum atomic E-state index is 0.695. The third-order valence-electron chi connectivity index (χ3n) is 3.97. The first kappa shape index (κ1) is 13.3. The standard InChI is InChI=1S/C14H28N2O/c1-12(2)10-13-11-16(7-3-6-15-13)14-4-8-17-9-5-14/h12-15H,3-11H2,1-2H3. The van der Waals surface area contributed by atoms with Crippen LogP contribution in [0, 0.1) is 5.92 Å². The molecule has 0 aromatic heterocycles. The van der Waals surface area contributed by atoms with E-state index in [0.717, 1.165) is 25.2 Å². The van der Waals surface area contributed by atoms with Crippen LogP contribution in [0.1, 0.15) is 39.5 Å². The van der Waals surface area contributed by atoms with E-state index in [1.54, 1.807) is 0 Å². The van der Waals surface area contributed by atoms with Crippen LogP contribution in [0.5, 0.6) is 0 Å². The highest BCUT2D eigenvalue weighted by molar-refractivity contribution is 4.83. The van der Waals surface area contributed by atoms with Crippen molar-refractivity contribution in [1.29, 1.82) is 0 Å². The number of nitrogens with one attached hydrogen (secondary N) is 1. The zero-order valence-corrected chi connectivity index (χ0v) is 11.5. The normalized spacial score (nSPS) is 29.5. The topological polar surface area (TPSA) is 24.5 Å². The predicted molar refractivity (Wildman–Crippen MR) is 71.3 cm³/mol. The summed E-state index contributed by atoms with van der Waals surface area (Å²) in [5.74, 6) is 0.794. The van der Waals surface area contributed by atoms with Gasteiger partial charge in [-0.25, -0.2) is 0 Å². The average molecular weight is 240 g/mol. The Labute approximate surface area is 106 Å². The predicted octanol–water partition coefficient (Wildman–Crippen LogP) is 1.88. The van der Waals surface area contributed by atoms with Crippen LogP contribution >= 0.6 is 0 Å². The molecule has 2 saturated heterocycles. The number of ether oxygens (including phenoxy) is 1. The SMILES string of the molecule is CC(C)CC1CN(C2CCOCC2)CCCN1. The van der Waals surface area contributed by atoms with Crippen molar-refractivity contribution in [2.45, 2.75) is 51.6 Å². The van der Waals surface area contributed by atoms with E-state index in [9.17, 15) is 0 Å². The molecule has 17 heavy (non-hydrogen) atoms. The molecule has 0 aromatic carbocycles. The first-order valence-electron chi connectivity index (χ1n) is 7.31. The van der Waals surface area contributed by atoms with E-state index in [2.05, 4.69) is 24.1 Å². The second-order valence-electron chi connectivity index (χ2n) is 5.97. The van der Waals surface area contributed by atoms with Gasteiger partial charge in [0, 0.05) is 31.8 Å². The molecule has 0 bridgehead atoms. The second-order valence-corrected chi connectivity index (χ2v) is 5.97. The van der Waals surface area contributed by atoms with Crippen molar-refractivity contribution in [2.24, 2.45) is 5.92 Å². The monoisotopic (exact) mass is 240 g/mol. The Morgan fingerprint density at radius 1 is 1.29 bits per heavy atom. The first-order chi connectivity index (χ1) is 8.25. The number of hydrogen-bond donors (Lipinski definition) is 1. The minimum absolute atomic E-state index is 0.695. The van der Waals surface area contributed by atoms with Crippen molar-refractivity contribution in [1.82, 2.24) is 10.2 Å². The van der Waals surface area contributed by atoms with Gasteiger partial charge in [0.15, 0.2) is 0 Å². The molecule has 3 nitrogen and oxygen atoms in total. The smallest absolute Gasteiger partial charge is 0.0480 e. The lowest BCUT2D eigenvalue weighted by molar-refractivity contribution is 0.0329. The molecule has 0 radical (unpaired) electrons. The highest BCUT2D eigenvalue weighted by atomic mass is 16.5. The maximum Gasteiger partial charge on any atom is 0.0480 e. The van der Waals surface area contributed by atoms with Gasteiger partial charge >= 0.3 is 0 Å². The van der Waals surface area contributed by atoms with Crippen molar-refractivity contribution in [2.75, 3.05) is 32.8 Å². The van der Waals surface area contributed by atoms with Gasteiger partial charge in [-0.15, -0.1) is 0 Å². The zero-order valence-electron chi connectivity index (χ0n) is 11.5. The highest BCUT2D eigenvalue weighted by Gasteiger charge is 2.25. The van der Waals surface area contributed by atoms with Gasteiger partial charge in [-0.1, -0.05) is 13.8 Å². The van der Waals surface area contributed by atoms with Crippen LogP contribution in [0.15, 0.2) is 0 Å². The summed E-state index contributed by atoms with van der Waals surface area (Å²) in [6.45, 7) is 10.3. The highest BCUT2D eigenvalue weighted by Crippen LogP contribution is 2.18. The van der Waals surface area contributed by atoms with Crippen molar-refractivity contribution in [3.05, 3.63) is 0 Å². The quantitative estimate of drug-likeness (QED) is 0.815. The fraction of sp³-hybridized carbons (Fsp3) is 1.00. The molecule has 100 valence electrons. The van der Waals surface area contributed by atoms with Crippen LogP contribution in [0.2, 0.25) is 0 Å². The van der Waals surface area contributed by atoms with Gasteiger partial charge in [-0.05, 0) is 44.7 Å². The lowest BCUT2D eigenvalue weighted by Gasteiger charge is -2.35. The first-order valence-corrected chi connectivity index (χ1v) is 7.31. The van der Waals surface area contributed by atoms with Crippen LogP contribution in [0.3, 0.4) is 0 Å². The Morgan fingerprint density at radius 2 is 2.06 bits per heavy atom. The van der Waals surface area contributed by atoms with E-state index in [1.165, 1.54) is 45.3 Å². The van der Waals surface area contributed by atoms with E-state index in [0.29, 0.717) is 6.04 Å². The van der Waals surface area contributed by atoms with Crippen LogP contribution in [-0.2, 0) is 4.74 Å². The van der Waals surface area contributed by atoms with Crippen LogP contribution in [0.25, 0.3) is 0 Å². The summed E-state index contributed by atoms with van der Waals surface area (Å²) in [6, 6.07) is 1.47. The number of nitrogens with zero attached hydrogens (tertiary/aromatic N) is 1. The van der Waals surface area contributed by atoms with Crippen molar-refractivity contribution in [3.8, 4) is 0 Å². The summed E-state index contributed by atoms with van der Waals surface area (Å²) in [7, 11) is 0. The molecule has 2 fully saturated rings. The molecule has 2 aliphatic heterocycles. The van der Waals surface area contributed by atoms with E-state index in [-0.39, 0.29) is 0 Å². The van der Waals surface area contributed by atoms with Gasteiger partial charge in [-0.2, -0.15) is 0 Å². The molecular weight excluding hydrogens is 212 g/mol. The Bertz CT molecular complexity index is 214. The van der Waals surface area contributed by atoms with Crippen LogP contribution in [-0.4, -0.2) is 49.8 Å². The fourth-order valence-electron chi connectivity index (χ4n) is 3.14. The summed E-state index contributed by atoms with van der Waals surface area (Å²) in [6.07, 6.45) is 5.06. The van der Waals surface area contributed by atoms with Crippen LogP contribution < -0.4 is 5.32 Å². The van der Waals surface area contributed by atoms with Crippen molar-refractivity contribution < 1.29 is 4.74 Å². The molecule has 1 N–H and O–H groups in total. The lowest BCUT2D eigenvalue weighted by Crippen LogP contribution is -2.45. The van der Waals surface area contributed by atoms with E-state index >= 15 is 0 Å². The zero-order chi connectivity index (χ0) is 12.1. The molecule has 1 atom stereocenters. The lowest BCUT2D eigenvalue weighted by atomic mass is 10.0. The van der Waals surface area contributed by atoms with E-state index < -0.39 is 0 Å².